The molecule has 2 rings (SSSR count). The van der Waals surface area contributed by atoms with Crippen LogP contribution in [-0.2, 0) is 0 Å². The second-order valence-electron chi connectivity index (χ2n) is 6.21. The molecule has 0 amide bonds. The van der Waals surface area contributed by atoms with Crippen molar-refractivity contribution in [2.24, 2.45) is 5.41 Å². The molecule has 0 aliphatic carbocycles. The van der Waals surface area contributed by atoms with E-state index in [0.717, 1.165) is 19.5 Å². The summed E-state index contributed by atoms with van der Waals surface area (Å²) in [5, 5.41) is 10.6. The summed E-state index contributed by atoms with van der Waals surface area (Å²) in [6, 6.07) is 5.84. The molecule has 0 saturated carbocycles. The van der Waals surface area contributed by atoms with Gasteiger partial charge in [-0.15, -0.1) is 0 Å². The Bertz CT molecular complexity index is 508. The molecule has 1 aliphatic rings. The number of rotatable bonds is 4. The third kappa shape index (κ3) is 3.63. The average Bonchev–Trinajstić information content (AvgIpc) is 2.37. The highest BCUT2D eigenvalue weighted by molar-refractivity contribution is 5.97. The number of Topliss-reactive ketones (excluding diaryl/α,β-unsaturated/α-hetero) is 1. The van der Waals surface area contributed by atoms with E-state index in [1.54, 1.807) is 0 Å². The van der Waals surface area contributed by atoms with Crippen LogP contribution < -0.4 is 0 Å². The van der Waals surface area contributed by atoms with Gasteiger partial charge in [-0.25, -0.2) is 0 Å². The first-order valence-electron chi connectivity index (χ1n) is 6.87. The van der Waals surface area contributed by atoms with Crippen molar-refractivity contribution in [1.82, 2.24) is 4.90 Å². The number of carbonyl (C=O) groups excluding carboxylic acids is 1. The van der Waals surface area contributed by atoms with Gasteiger partial charge in [0.2, 0.25) is 0 Å². The van der Waals surface area contributed by atoms with E-state index in [1.807, 2.05) is 0 Å². The normalized spacial score (nSPS) is 18.7. The number of hydrogen-bond donors (Lipinski definition) is 0. The largest absolute Gasteiger partial charge is 0.295 e. The molecule has 5 nitrogen and oxygen atoms in total. The van der Waals surface area contributed by atoms with Gasteiger partial charge in [0.25, 0.3) is 5.69 Å². The molecule has 1 fully saturated rings. The van der Waals surface area contributed by atoms with Crippen LogP contribution in [0.3, 0.4) is 0 Å². The molecule has 1 aliphatic heterocycles. The van der Waals surface area contributed by atoms with Crippen molar-refractivity contribution >= 4 is 11.5 Å². The van der Waals surface area contributed by atoms with Gasteiger partial charge in [0.05, 0.1) is 11.5 Å². The Kier molecular flexibility index (Phi) is 4.18. The van der Waals surface area contributed by atoms with E-state index in [0.29, 0.717) is 12.1 Å². The molecule has 0 radical (unpaired) electrons. The van der Waals surface area contributed by atoms with Gasteiger partial charge < -0.3 is 0 Å². The van der Waals surface area contributed by atoms with Crippen LogP contribution in [0, 0.1) is 15.5 Å². The zero-order valence-electron chi connectivity index (χ0n) is 12.0. The summed E-state index contributed by atoms with van der Waals surface area (Å²) in [4.78, 5) is 24.5. The van der Waals surface area contributed by atoms with Crippen LogP contribution in [-0.4, -0.2) is 35.2 Å². The second-order valence-corrected chi connectivity index (χ2v) is 6.21. The van der Waals surface area contributed by atoms with Crippen LogP contribution in [0.2, 0.25) is 0 Å². The van der Waals surface area contributed by atoms with Gasteiger partial charge >= 0.3 is 0 Å². The zero-order chi connectivity index (χ0) is 14.8. The van der Waals surface area contributed by atoms with Gasteiger partial charge in [0.1, 0.15) is 0 Å². The molecular weight excluding hydrogens is 256 g/mol. The van der Waals surface area contributed by atoms with E-state index in [2.05, 4.69) is 18.7 Å². The highest BCUT2D eigenvalue weighted by atomic mass is 16.6. The standard InChI is InChI=1S/C15H20N2O3/c1-15(2)8-3-9-16(11-15)10-14(18)12-4-6-13(7-5-12)17(19)20/h4-7H,3,8-11H2,1-2H3. The molecule has 0 bridgehead atoms. The first kappa shape index (κ1) is 14.7. The zero-order valence-corrected chi connectivity index (χ0v) is 12.0. The fourth-order valence-electron chi connectivity index (χ4n) is 2.74. The van der Waals surface area contributed by atoms with Crippen molar-refractivity contribution in [1.29, 1.82) is 0 Å². The van der Waals surface area contributed by atoms with Gasteiger partial charge in [-0.2, -0.15) is 0 Å². The number of likely N-dealkylation sites (tertiary alicyclic amines) is 1. The van der Waals surface area contributed by atoms with Crippen molar-refractivity contribution < 1.29 is 9.72 Å². The fraction of sp³-hybridized carbons (Fsp3) is 0.533. The lowest BCUT2D eigenvalue weighted by atomic mass is 9.84. The molecule has 108 valence electrons. The maximum absolute atomic E-state index is 12.2. The van der Waals surface area contributed by atoms with Gasteiger partial charge in [0, 0.05) is 24.2 Å². The van der Waals surface area contributed by atoms with Gasteiger partial charge in [-0.3, -0.25) is 19.8 Å². The lowest BCUT2D eigenvalue weighted by Gasteiger charge is -2.37. The molecule has 20 heavy (non-hydrogen) atoms. The Morgan fingerprint density at radius 3 is 2.55 bits per heavy atom. The maximum atomic E-state index is 12.2. The molecule has 0 aromatic heterocycles. The number of nitrogens with zero attached hydrogens (tertiary/aromatic N) is 2. The number of piperidine rings is 1. The third-order valence-electron chi connectivity index (χ3n) is 3.75. The lowest BCUT2D eigenvalue weighted by Crippen LogP contribution is -2.42. The summed E-state index contributed by atoms with van der Waals surface area (Å²) in [6.07, 6.45) is 2.30. The summed E-state index contributed by atoms with van der Waals surface area (Å²) >= 11 is 0. The Balaban J connectivity index is 1.99. The first-order chi connectivity index (χ1) is 9.37. The minimum atomic E-state index is -0.457. The highest BCUT2D eigenvalue weighted by Gasteiger charge is 2.27. The van der Waals surface area contributed by atoms with Crippen molar-refractivity contribution in [3.05, 3.63) is 39.9 Å². The molecule has 0 N–H and O–H groups in total. The summed E-state index contributed by atoms with van der Waals surface area (Å²) in [5.41, 5.74) is 0.813. The van der Waals surface area contributed by atoms with Gasteiger partial charge in [-0.05, 0) is 36.9 Å². The molecule has 0 atom stereocenters. The average molecular weight is 276 g/mol. The van der Waals surface area contributed by atoms with Crippen LogP contribution in [0.15, 0.2) is 24.3 Å². The minimum Gasteiger partial charge on any atom is -0.295 e. The number of benzene rings is 1. The summed E-state index contributed by atoms with van der Waals surface area (Å²) in [5.74, 6) is 0.0256. The van der Waals surface area contributed by atoms with E-state index < -0.39 is 4.92 Å². The van der Waals surface area contributed by atoms with Crippen molar-refractivity contribution in [2.75, 3.05) is 19.6 Å². The van der Waals surface area contributed by atoms with Crippen LogP contribution in [0.4, 0.5) is 5.69 Å². The smallest absolute Gasteiger partial charge is 0.269 e. The fourth-order valence-corrected chi connectivity index (χ4v) is 2.74. The molecule has 0 spiro atoms. The number of ketones is 1. The monoisotopic (exact) mass is 276 g/mol. The minimum absolute atomic E-state index is 0.0145. The van der Waals surface area contributed by atoms with Crippen LogP contribution in [0.25, 0.3) is 0 Å². The van der Waals surface area contributed by atoms with Crippen molar-refractivity contribution in [3.63, 3.8) is 0 Å². The van der Waals surface area contributed by atoms with Gasteiger partial charge in [-0.1, -0.05) is 13.8 Å². The quantitative estimate of drug-likeness (QED) is 0.482. The topological polar surface area (TPSA) is 63.5 Å². The molecule has 0 unspecified atom stereocenters. The van der Waals surface area contributed by atoms with Gasteiger partial charge in [0.15, 0.2) is 5.78 Å². The maximum Gasteiger partial charge on any atom is 0.269 e. The number of nitro benzene ring substituents is 1. The predicted octanol–water partition coefficient (Wildman–Crippen LogP) is 2.90. The van der Waals surface area contributed by atoms with E-state index in [9.17, 15) is 14.9 Å². The lowest BCUT2D eigenvalue weighted by molar-refractivity contribution is -0.384. The summed E-state index contributed by atoms with van der Waals surface area (Å²) < 4.78 is 0. The molecule has 1 aromatic carbocycles. The highest BCUT2D eigenvalue weighted by Crippen LogP contribution is 2.28. The van der Waals surface area contributed by atoms with Crippen molar-refractivity contribution in [2.45, 2.75) is 26.7 Å². The Labute approximate surface area is 118 Å². The third-order valence-corrected chi connectivity index (χ3v) is 3.75. The molecule has 1 aromatic rings. The Hall–Kier alpha value is -1.75. The second kappa shape index (κ2) is 5.71. The Morgan fingerprint density at radius 1 is 1.35 bits per heavy atom. The number of carbonyl (C=O) groups is 1. The number of non-ortho nitro benzene ring substituents is 1. The van der Waals surface area contributed by atoms with E-state index in [4.69, 9.17) is 0 Å². The van der Waals surface area contributed by atoms with E-state index >= 15 is 0 Å². The molecule has 5 heteroatoms. The van der Waals surface area contributed by atoms with Crippen molar-refractivity contribution in [3.8, 4) is 0 Å². The van der Waals surface area contributed by atoms with Crippen LogP contribution in [0.5, 0.6) is 0 Å². The molecule has 1 saturated heterocycles. The SMILES string of the molecule is CC1(C)CCCN(CC(=O)c2ccc([N+](=O)[O-])cc2)C1. The van der Waals surface area contributed by atoms with Crippen LogP contribution >= 0.6 is 0 Å². The molecule has 1 heterocycles. The Morgan fingerprint density at radius 2 is 2.00 bits per heavy atom. The summed E-state index contributed by atoms with van der Waals surface area (Å²) in [6.45, 7) is 6.69. The number of hydrogen-bond acceptors (Lipinski definition) is 4. The predicted molar refractivity (Wildman–Crippen MR) is 76.9 cm³/mol. The van der Waals surface area contributed by atoms with E-state index in [1.165, 1.54) is 30.7 Å². The van der Waals surface area contributed by atoms with Crippen LogP contribution in [0.1, 0.15) is 37.0 Å². The first-order valence-corrected chi connectivity index (χ1v) is 6.87. The number of nitro groups is 1. The van der Waals surface area contributed by atoms with E-state index in [-0.39, 0.29) is 16.9 Å². The molecular formula is C15H20N2O3. The summed E-state index contributed by atoms with van der Waals surface area (Å²) in [7, 11) is 0.